The number of ether oxygens (including phenoxy) is 1. The zero-order valence-electron chi connectivity index (χ0n) is 23.3. The average molecular weight is 582 g/mol. The van der Waals surface area contributed by atoms with Crippen LogP contribution in [0.5, 0.6) is 5.75 Å². The van der Waals surface area contributed by atoms with E-state index in [1.54, 1.807) is 24.3 Å². The second-order valence-corrected chi connectivity index (χ2v) is 12.6. The van der Waals surface area contributed by atoms with Gasteiger partial charge in [0.05, 0.1) is 21.5 Å². The van der Waals surface area contributed by atoms with E-state index in [1.165, 1.54) is 12.1 Å². The molecular formula is C33H31N3O5S. The van der Waals surface area contributed by atoms with Crippen LogP contribution < -0.4 is 14.8 Å². The fraction of sp³-hybridized carbons (Fsp3) is 0.212. The largest absolute Gasteiger partial charge is 0.489 e. The topological polar surface area (TPSA) is 111 Å². The highest BCUT2D eigenvalue weighted by Crippen LogP contribution is 2.50. The molecule has 0 aromatic heterocycles. The molecule has 4 aromatic rings. The van der Waals surface area contributed by atoms with E-state index in [2.05, 4.69) is 34.3 Å². The van der Waals surface area contributed by atoms with Gasteiger partial charge < -0.3 is 10.1 Å². The second-order valence-electron chi connectivity index (χ2n) is 10.9. The number of rotatable bonds is 8. The lowest BCUT2D eigenvalue weighted by atomic mass is 9.77. The van der Waals surface area contributed by atoms with Crippen LogP contribution in [-0.2, 0) is 16.6 Å². The zero-order chi connectivity index (χ0) is 29.4. The first-order valence-electron chi connectivity index (χ1n) is 13.8. The summed E-state index contributed by atoms with van der Waals surface area (Å²) >= 11 is 0. The molecule has 42 heavy (non-hydrogen) atoms. The van der Waals surface area contributed by atoms with Crippen molar-refractivity contribution >= 4 is 27.1 Å². The first-order valence-corrected chi connectivity index (χ1v) is 15.3. The number of nitrogens with one attached hydrogen (secondary N) is 2. The van der Waals surface area contributed by atoms with Crippen LogP contribution in [0.2, 0.25) is 0 Å². The number of aryl methyl sites for hydroxylation is 2. The summed E-state index contributed by atoms with van der Waals surface area (Å²) in [5, 5.41) is 14.5. The Balaban J connectivity index is 1.19. The standard InChI is InChI=1S/C33H31N3O5S/c1-21-6-7-22(2)32(18-21)35-42(39,40)27-16-17-31-30(19-27)28-4-3-5-29(28)33(34-31)24-10-14-26(15-11-24)41-20-23-8-12-25(13-9-23)36(37)38/h3-4,6-19,28-29,33-35H,5,20H2,1-2H3/t28-,29+,33+/m0/s1. The Labute approximate surface area is 245 Å². The number of fused-ring (bicyclic) bond motifs is 3. The quantitative estimate of drug-likeness (QED) is 0.127. The Bertz CT molecular complexity index is 1780. The van der Waals surface area contributed by atoms with E-state index in [9.17, 15) is 18.5 Å². The third-order valence-corrected chi connectivity index (χ3v) is 9.44. The SMILES string of the molecule is Cc1ccc(C)c(NS(=O)(=O)c2ccc3c(c2)[C@H]2C=CC[C@H]2[C@@H](c2ccc(OCc4ccc([N+](=O)[O-])cc4)cc2)N3)c1. The monoisotopic (exact) mass is 581 g/mol. The first-order chi connectivity index (χ1) is 20.2. The predicted molar refractivity (Wildman–Crippen MR) is 163 cm³/mol. The third kappa shape index (κ3) is 5.47. The Hall–Kier alpha value is -4.63. The molecule has 9 heteroatoms. The molecule has 0 amide bonds. The summed E-state index contributed by atoms with van der Waals surface area (Å²) in [4.78, 5) is 10.7. The minimum absolute atomic E-state index is 0.0521. The van der Waals surface area contributed by atoms with Crippen molar-refractivity contribution in [2.45, 2.75) is 43.7 Å². The molecule has 0 fully saturated rings. The van der Waals surface area contributed by atoms with Gasteiger partial charge in [-0.25, -0.2) is 8.42 Å². The van der Waals surface area contributed by atoms with Crippen LogP contribution in [0.3, 0.4) is 0 Å². The van der Waals surface area contributed by atoms with Crippen LogP contribution in [-0.4, -0.2) is 13.3 Å². The van der Waals surface area contributed by atoms with E-state index in [0.29, 0.717) is 18.0 Å². The second kappa shape index (κ2) is 11.0. The summed E-state index contributed by atoms with van der Waals surface area (Å²) in [5.74, 6) is 1.05. The van der Waals surface area contributed by atoms with Crippen molar-refractivity contribution in [2.75, 3.05) is 10.0 Å². The van der Waals surface area contributed by atoms with E-state index in [4.69, 9.17) is 4.74 Å². The van der Waals surface area contributed by atoms with Gasteiger partial charge >= 0.3 is 0 Å². The fourth-order valence-electron chi connectivity index (χ4n) is 5.77. The number of allylic oxidation sites excluding steroid dienone is 2. The predicted octanol–water partition coefficient (Wildman–Crippen LogP) is 7.42. The molecule has 4 aromatic carbocycles. The summed E-state index contributed by atoms with van der Waals surface area (Å²) in [6.45, 7) is 4.14. The molecule has 0 saturated carbocycles. The lowest BCUT2D eigenvalue weighted by Crippen LogP contribution is -2.29. The van der Waals surface area contributed by atoms with Crippen LogP contribution in [0.15, 0.2) is 102 Å². The number of nitrogens with zero attached hydrogens (tertiary/aromatic N) is 1. The van der Waals surface area contributed by atoms with Gasteiger partial charge in [0.15, 0.2) is 0 Å². The van der Waals surface area contributed by atoms with E-state index in [1.807, 2.05) is 50.2 Å². The molecule has 214 valence electrons. The minimum Gasteiger partial charge on any atom is -0.489 e. The van der Waals surface area contributed by atoms with Gasteiger partial charge in [-0.15, -0.1) is 0 Å². The maximum absolute atomic E-state index is 13.4. The molecule has 0 unspecified atom stereocenters. The maximum atomic E-state index is 13.4. The maximum Gasteiger partial charge on any atom is 0.269 e. The molecular weight excluding hydrogens is 550 g/mol. The number of hydrogen-bond donors (Lipinski definition) is 2. The van der Waals surface area contributed by atoms with Crippen LogP contribution in [0.25, 0.3) is 0 Å². The zero-order valence-corrected chi connectivity index (χ0v) is 24.1. The number of sulfonamides is 1. The lowest BCUT2D eigenvalue weighted by molar-refractivity contribution is -0.384. The molecule has 1 heterocycles. The van der Waals surface area contributed by atoms with E-state index in [-0.39, 0.29) is 28.5 Å². The Morgan fingerprint density at radius 2 is 1.74 bits per heavy atom. The molecule has 3 atom stereocenters. The molecule has 0 bridgehead atoms. The number of nitro benzene ring substituents is 1. The highest BCUT2D eigenvalue weighted by atomic mass is 32.2. The van der Waals surface area contributed by atoms with E-state index < -0.39 is 14.9 Å². The molecule has 0 saturated heterocycles. The van der Waals surface area contributed by atoms with Gasteiger partial charge in [-0.05, 0) is 103 Å². The van der Waals surface area contributed by atoms with Crippen molar-refractivity contribution in [3.05, 3.63) is 135 Å². The lowest BCUT2D eigenvalue weighted by Gasteiger charge is -2.37. The fourth-order valence-corrected chi connectivity index (χ4v) is 6.93. The van der Waals surface area contributed by atoms with Gasteiger partial charge in [-0.2, -0.15) is 0 Å². The van der Waals surface area contributed by atoms with Crippen molar-refractivity contribution in [3.8, 4) is 5.75 Å². The molecule has 0 spiro atoms. The van der Waals surface area contributed by atoms with Crippen molar-refractivity contribution < 1.29 is 18.1 Å². The summed E-state index contributed by atoms with van der Waals surface area (Å²) < 4.78 is 35.4. The number of anilines is 2. The first kappa shape index (κ1) is 27.5. The highest BCUT2D eigenvalue weighted by molar-refractivity contribution is 7.92. The minimum atomic E-state index is -3.76. The van der Waals surface area contributed by atoms with Crippen molar-refractivity contribution in [1.29, 1.82) is 0 Å². The van der Waals surface area contributed by atoms with Gasteiger partial charge in [0, 0.05) is 23.7 Å². The highest BCUT2D eigenvalue weighted by Gasteiger charge is 2.38. The van der Waals surface area contributed by atoms with Gasteiger partial charge in [0.25, 0.3) is 15.7 Å². The molecule has 1 aliphatic carbocycles. The molecule has 0 radical (unpaired) electrons. The summed E-state index contributed by atoms with van der Waals surface area (Å²) in [5.41, 5.74) is 6.38. The van der Waals surface area contributed by atoms with Gasteiger partial charge in [-0.3, -0.25) is 14.8 Å². The number of benzene rings is 4. The van der Waals surface area contributed by atoms with Crippen LogP contribution >= 0.6 is 0 Å². The Morgan fingerprint density at radius 1 is 0.976 bits per heavy atom. The van der Waals surface area contributed by atoms with Crippen molar-refractivity contribution in [3.63, 3.8) is 0 Å². The normalized spacial score (nSPS) is 19.0. The van der Waals surface area contributed by atoms with Gasteiger partial charge in [-0.1, -0.05) is 36.4 Å². The smallest absolute Gasteiger partial charge is 0.269 e. The van der Waals surface area contributed by atoms with Crippen molar-refractivity contribution in [2.24, 2.45) is 5.92 Å². The van der Waals surface area contributed by atoms with Crippen LogP contribution in [0.1, 0.15) is 46.2 Å². The Kier molecular flexibility index (Phi) is 7.20. The van der Waals surface area contributed by atoms with Gasteiger partial charge in [0.2, 0.25) is 0 Å². The Morgan fingerprint density at radius 3 is 2.48 bits per heavy atom. The summed E-state index contributed by atoms with van der Waals surface area (Å²) in [6, 6.07) is 25.4. The number of nitro groups is 1. The average Bonchev–Trinajstić information content (AvgIpc) is 3.48. The number of non-ortho nitro benzene ring substituents is 1. The van der Waals surface area contributed by atoms with E-state index in [0.717, 1.165) is 39.9 Å². The van der Waals surface area contributed by atoms with Crippen molar-refractivity contribution in [1.82, 2.24) is 0 Å². The summed E-state index contributed by atoms with van der Waals surface area (Å²) in [6.07, 6.45) is 5.25. The number of hydrogen-bond acceptors (Lipinski definition) is 6. The summed E-state index contributed by atoms with van der Waals surface area (Å²) in [7, 11) is -3.76. The molecule has 2 N–H and O–H groups in total. The molecule has 8 nitrogen and oxygen atoms in total. The van der Waals surface area contributed by atoms with E-state index >= 15 is 0 Å². The van der Waals surface area contributed by atoms with Crippen LogP contribution in [0, 0.1) is 29.9 Å². The molecule has 6 rings (SSSR count). The third-order valence-electron chi connectivity index (χ3n) is 8.07. The molecule has 2 aliphatic rings. The van der Waals surface area contributed by atoms with Gasteiger partial charge in [0.1, 0.15) is 12.4 Å². The molecule has 1 aliphatic heterocycles. The van der Waals surface area contributed by atoms with Crippen LogP contribution in [0.4, 0.5) is 17.1 Å².